The zero-order valence-corrected chi connectivity index (χ0v) is 10.3. The van der Waals surface area contributed by atoms with Crippen molar-refractivity contribution in [3.63, 3.8) is 0 Å². The molecule has 2 fully saturated rings. The van der Waals surface area contributed by atoms with Crippen LogP contribution >= 0.6 is 0 Å². The molecule has 0 radical (unpaired) electrons. The summed E-state index contributed by atoms with van der Waals surface area (Å²) in [6.45, 7) is 4.84. The van der Waals surface area contributed by atoms with Gasteiger partial charge in [-0.2, -0.15) is 5.26 Å². The van der Waals surface area contributed by atoms with Gasteiger partial charge in [0.15, 0.2) is 0 Å². The molecule has 0 aromatic heterocycles. The van der Waals surface area contributed by atoms with E-state index in [9.17, 15) is 0 Å². The zero-order chi connectivity index (χ0) is 11.6. The van der Waals surface area contributed by atoms with Crippen LogP contribution in [0, 0.1) is 17.2 Å². The molecular weight excluding hydrogens is 198 g/mol. The first-order chi connectivity index (χ1) is 7.63. The molecule has 1 saturated heterocycles. The summed E-state index contributed by atoms with van der Waals surface area (Å²) < 4.78 is 0. The van der Waals surface area contributed by atoms with Crippen LogP contribution in [0.3, 0.4) is 0 Å². The van der Waals surface area contributed by atoms with Gasteiger partial charge in [0.05, 0.1) is 6.07 Å². The van der Waals surface area contributed by atoms with Crippen molar-refractivity contribution in [1.29, 1.82) is 5.26 Å². The Kier molecular flexibility index (Phi) is 3.51. The first-order valence-electron chi connectivity index (χ1n) is 6.57. The Morgan fingerprint density at radius 2 is 1.75 bits per heavy atom. The summed E-state index contributed by atoms with van der Waals surface area (Å²) in [6, 6.07) is 2.96. The maximum Gasteiger partial charge on any atom is 0.104 e. The van der Waals surface area contributed by atoms with Crippen molar-refractivity contribution in [3.8, 4) is 6.07 Å². The molecule has 3 nitrogen and oxygen atoms in total. The molecule has 0 aromatic carbocycles. The second kappa shape index (κ2) is 4.73. The van der Waals surface area contributed by atoms with Crippen LogP contribution in [0.1, 0.15) is 45.4 Å². The molecular formula is C13H23N3. The molecule has 3 heteroatoms. The van der Waals surface area contributed by atoms with E-state index in [1.54, 1.807) is 0 Å². The molecule has 1 heterocycles. The molecule has 0 aromatic rings. The topological polar surface area (TPSA) is 53.0 Å². The summed E-state index contributed by atoms with van der Waals surface area (Å²) in [5.41, 5.74) is 5.46. The molecule has 0 unspecified atom stereocenters. The minimum Gasteiger partial charge on any atom is -0.313 e. The van der Waals surface area contributed by atoms with E-state index in [-0.39, 0.29) is 0 Å². The van der Waals surface area contributed by atoms with Gasteiger partial charge in [-0.3, -0.25) is 0 Å². The number of rotatable bonds is 1. The van der Waals surface area contributed by atoms with Gasteiger partial charge in [-0.15, -0.1) is 0 Å². The van der Waals surface area contributed by atoms with Gasteiger partial charge in [-0.05, 0) is 57.5 Å². The Bertz CT molecular complexity index is 265. The van der Waals surface area contributed by atoms with Crippen molar-refractivity contribution in [2.24, 2.45) is 11.7 Å². The Labute approximate surface area is 98.6 Å². The van der Waals surface area contributed by atoms with Crippen molar-refractivity contribution >= 4 is 0 Å². The minimum absolute atomic E-state index is 0.528. The Balaban J connectivity index is 1.83. The number of piperidine rings is 1. The molecule has 90 valence electrons. The van der Waals surface area contributed by atoms with E-state index in [0.29, 0.717) is 6.04 Å². The molecule has 0 atom stereocenters. The third-order valence-electron chi connectivity index (χ3n) is 4.40. The van der Waals surface area contributed by atoms with Crippen LogP contribution in [-0.4, -0.2) is 29.6 Å². The third-order valence-corrected chi connectivity index (χ3v) is 4.40. The molecule has 0 amide bonds. The van der Waals surface area contributed by atoms with E-state index < -0.39 is 5.54 Å². The highest BCUT2D eigenvalue weighted by molar-refractivity contribution is 5.07. The van der Waals surface area contributed by atoms with Crippen LogP contribution in [0.5, 0.6) is 0 Å². The lowest BCUT2D eigenvalue weighted by Crippen LogP contribution is -2.49. The van der Waals surface area contributed by atoms with Crippen LogP contribution in [0.25, 0.3) is 0 Å². The number of likely N-dealkylation sites (tertiary alicyclic amines) is 1. The highest BCUT2D eigenvalue weighted by Gasteiger charge is 2.34. The lowest BCUT2D eigenvalue weighted by atomic mass is 9.80. The lowest BCUT2D eigenvalue weighted by Gasteiger charge is -2.41. The molecule has 0 spiro atoms. The van der Waals surface area contributed by atoms with Crippen molar-refractivity contribution in [1.82, 2.24) is 4.90 Å². The fraction of sp³-hybridized carbons (Fsp3) is 0.923. The van der Waals surface area contributed by atoms with Crippen LogP contribution < -0.4 is 5.73 Å². The van der Waals surface area contributed by atoms with E-state index in [1.807, 2.05) is 0 Å². The normalized spacial score (nSPS) is 38.2. The predicted molar refractivity (Wildman–Crippen MR) is 64.8 cm³/mol. The smallest absolute Gasteiger partial charge is 0.104 e. The fourth-order valence-electron chi connectivity index (χ4n) is 2.99. The largest absolute Gasteiger partial charge is 0.313 e. The lowest BCUT2D eigenvalue weighted by molar-refractivity contribution is 0.0996. The molecule has 1 aliphatic heterocycles. The predicted octanol–water partition coefficient (Wildman–Crippen LogP) is 1.88. The first kappa shape index (κ1) is 11.9. The molecule has 2 N–H and O–H groups in total. The summed E-state index contributed by atoms with van der Waals surface area (Å²) in [4.78, 5) is 2.62. The van der Waals surface area contributed by atoms with Crippen molar-refractivity contribution in [3.05, 3.63) is 0 Å². The van der Waals surface area contributed by atoms with Gasteiger partial charge in [-0.25, -0.2) is 0 Å². The monoisotopic (exact) mass is 221 g/mol. The van der Waals surface area contributed by atoms with Crippen LogP contribution in [0.4, 0.5) is 0 Å². The quantitative estimate of drug-likeness (QED) is 0.735. The Morgan fingerprint density at radius 1 is 1.19 bits per heavy atom. The molecule has 1 aliphatic carbocycles. The molecule has 2 rings (SSSR count). The zero-order valence-electron chi connectivity index (χ0n) is 10.3. The summed E-state index contributed by atoms with van der Waals surface area (Å²) in [7, 11) is 0. The molecule has 0 bridgehead atoms. The van der Waals surface area contributed by atoms with E-state index >= 15 is 0 Å². The van der Waals surface area contributed by atoms with E-state index in [1.165, 1.54) is 25.9 Å². The number of nitriles is 1. The van der Waals surface area contributed by atoms with E-state index in [0.717, 1.165) is 31.6 Å². The van der Waals surface area contributed by atoms with Gasteiger partial charge in [0, 0.05) is 6.04 Å². The standard InChI is InChI=1S/C13H23N3/c1-11-4-8-16(9-5-11)12-2-6-13(15,10-14)7-3-12/h11-12H,2-9,15H2,1H3. The third kappa shape index (κ3) is 2.56. The van der Waals surface area contributed by atoms with Gasteiger partial charge < -0.3 is 10.6 Å². The van der Waals surface area contributed by atoms with Gasteiger partial charge in [0.1, 0.15) is 5.54 Å². The SMILES string of the molecule is CC1CCN(C2CCC(N)(C#N)CC2)CC1. The number of hydrogen-bond acceptors (Lipinski definition) is 3. The highest BCUT2D eigenvalue weighted by atomic mass is 15.2. The highest BCUT2D eigenvalue weighted by Crippen LogP contribution is 2.30. The fourth-order valence-corrected chi connectivity index (χ4v) is 2.99. The van der Waals surface area contributed by atoms with Gasteiger partial charge in [-0.1, -0.05) is 6.92 Å². The second-order valence-electron chi connectivity index (χ2n) is 5.72. The number of nitrogens with two attached hydrogens (primary N) is 1. The molecule has 2 aliphatic rings. The van der Waals surface area contributed by atoms with Crippen LogP contribution in [-0.2, 0) is 0 Å². The average Bonchev–Trinajstić information content (AvgIpc) is 2.32. The first-order valence-corrected chi connectivity index (χ1v) is 6.57. The van der Waals surface area contributed by atoms with E-state index in [2.05, 4.69) is 17.9 Å². The minimum atomic E-state index is -0.528. The van der Waals surface area contributed by atoms with Gasteiger partial charge in [0.2, 0.25) is 0 Å². The number of nitrogens with zero attached hydrogens (tertiary/aromatic N) is 2. The second-order valence-corrected chi connectivity index (χ2v) is 5.72. The molecule has 16 heavy (non-hydrogen) atoms. The van der Waals surface area contributed by atoms with Crippen molar-refractivity contribution in [2.45, 2.75) is 57.0 Å². The van der Waals surface area contributed by atoms with Crippen molar-refractivity contribution in [2.75, 3.05) is 13.1 Å². The average molecular weight is 221 g/mol. The summed E-state index contributed by atoms with van der Waals surface area (Å²) in [5, 5.41) is 8.99. The van der Waals surface area contributed by atoms with Crippen LogP contribution in [0.15, 0.2) is 0 Å². The van der Waals surface area contributed by atoms with Crippen LogP contribution in [0.2, 0.25) is 0 Å². The van der Waals surface area contributed by atoms with Gasteiger partial charge in [0.25, 0.3) is 0 Å². The van der Waals surface area contributed by atoms with E-state index in [4.69, 9.17) is 11.0 Å². The number of hydrogen-bond donors (Lipinski definition) is 1. The summed E-state index contributed by atoms with van der Waals surface area (Å²) in [5.74, 6) is 0.896. The molecule has 1 saturated carbocycles. The summed E-state index contributed by atoms with van der Waals surface area (Å²) in [6.07, 6.45) is 6.64. The maximum absolute atomic E-state index is 8.99. The Hall–Kier alpha value is -0.590. The maximum atomic E-state index is 8.99. The van der Waals surface area contributed by atoms with Gasteiger partial charge >= 0.3 is 0 Å². The van der Waals surface area contributed by atoms with Crippen molar-refractivity contribution < 1.29 is 0 Å². The summed E-state index contributed by atoms with van der Waals surface area (Å²) >= 11 is 0. The Morgan fingerprint density at radius 3 is 2.25 bits per heavy atom.